The quantitative estimate of drug-likeness (QED) is 0.466. The predicted molar refractivity (Wildman–Crippen MR) is 107 cm³/mol. The standard InChI is InChI=1S/C22H19F2N5/c23-17-8-13(3-5-15(17)20-10-25-12-28-20)14-4-6-16(18(24)9-14)21-11-27-22(29-21)19-2-1-7-26-19/h3-6,8-12,19,26H,1-2,7H2,(H,25,28)(H,27,29)/t19-/m0/s1. The second-order valence-electron chi connectivity index (χ2n) is 7.19. The van der Waals surface area contributed by atoms with Crippen LogP contribution in [-0.4, -0.2) is 26.5 Å². The molecule has 5 rings (SSSR count). The predicted octanol–water partition coefficient (Wildman–Crippen LogP) is 4.84. The van der Waals surface area contributed by atoms with Gasteiger partial charge >= 0.3 is 0 Å². The number of aromatic nitrogens is 4. The number of nitrogens with zero attached hydrogens (tertiary/aromatic N) is 2. The molecule has 5 nitrogen and oxygen atoms in total. The molecule has 0 spiro atoms. The zero-order valence-electron chi connectivity index (χ0n) is 15.5. The molecule has 0 aliphatic carbocycles. The number of H-pyrrole nitrogens is 2. The summed E-state index contributed by atoms with van der Waals surface area (Å²) in [6.07, 6.45) is 6.85. The monoisotopic (exact) mass is 391 g/mol. The number of hydrogen-bond acceptors (Lipinski definition) is 3. The van der Waals surface area contributed by atoms with Crippen LogP contribution in [0.3, 0.4) is 0 Å². The average Bonchev–Trinajstić information content (AvgIpc) is 3.49. The lowest BCUT2D eigenvalue weighted by Gasteiger charge is -2.08. The van der Waals surface area contributed by atoms with E-state index in [0.717, 1.165) is 25.2 Å². The minimum absolute atomic E-state index is 0.197. The molecule has 0 amide bonds. The molecule has 146 valence electrons. The molecule has 3 N–H and O–H groups in total. The van der Waals surface area contributed by atoms with E-state index in [0.29, 0.717) is 33.6 Å². The molecule has 7 heteroatoms. The van der Waals surface area contributed by atoms with Gasteiger partial charge in [0.15, 0.2) is 0 Å². The second kappa shape index (κ2) is 7.25. The molecule has 1 aliphatic heterocycles. The van der Waals surface area contributed by atoms with Crippen LogP contribution in [0.4, 0.5) is 8.78 Å². The van der Waals surface area contributed by atoms with Crippen molar-refractivity contribution in [3.8, 4) is 33.6 Å². The average molecular weight is 391 g/mol. The Balaban J connectivity index is 1.43. The summed E-state index contributed by atoms with van der Waals surface area (Å²) in [4.78, 5) is 14.4. The largest absolute Gasteiger partial charge is 0.345 e. The van der Waals surface area contributed by atoms with Crippen LogP contribution in [0, 0.1) is 11.6 Å². The third-order valence-electron chi connectivity index (χ3n) is 5.34. The van der Waals surface area contributed by atoms with Gasteiger partial charge in [0.2, 0.25) is 0 Å². The summed E-state index contributed by atoms with van der Waals surface area (Å²) in [6.45, 7) is 0.972. The van der Waals surface area contributed by atoms with Gasteiger partial charge in [-0.15, -0.1) is 0 Å². The van der Waals surface area contributed by atoms with Crippen molar-refractivity contribution in [3.63, 3.8) is 0 Å². The van der Waals surface area contributed by atoms with Crippen LogP contribution in [0.2, 0.25) is 0 Å². The van der Waals surface area contributed by atoms with Crippen LogP contribution in [0.15, 0.2) is 55.1 Å². The van der Waals surface area contributed by atoms with Crippen molar-refractivity contribution in [2.24, 2.45) is 0 Å². The molecular weight excluding hydrogens is 372 g/mol. The number of halogens is 2. The van der Waals surface area contributed by atoms with Crippen LogP contribution >= 0.6 is 0 Å². The zero-order valence-corrected chi connectivity index (χ0v) is 15.5. The van der Waals surface area contributed by atoms with E-state index in [-0.39, 0.29) is 11.9 Å². The Morgan fingerprint density at radius 3 is 2.21 bits per heavy atom. The van der Waals surface area contributed by atoms with Crippen molar-refractivity contribution in [2.45, 2.75) is 18.9 Å². The van der Waals surface area contributed by atoms with E-state index < -0.39 is 5.82 Å². The molecule has 2 aromatic heterocycles. The van der Waals surface area contributed by atoms with Crippen LogP contribution in [0.1, 0.15) is 24.7 Å². The first kappa shape index (κ1) is 17.8. The summed E-state index contributed by atoms with van der Waals surface area (Å²) in [5.74, 6) is 0.0612. The fourth-order valence-corrected chi connectivity index (χ4v) is 3.80. The molecule has 29 heavy (non-hydrogen) atoms. The van der Waals surface area contributed by atoms with E-state index in [1.165, 1.54) is 18.5 Å². The van der Waals surface area contributed by atoms with Crippen molar-refractivity contribution in [3.05, 3.63) is 72.6 Å². The Hall–Kier alpha value is -3.32. The van der Waals surface area contributed by atoms with Gasteiger partial charge in [-0.3, -0.25) is 0 Å². The normalized spacial score (nSPS) is 16.4. The van der Waals surface area contributed by atoms with Gasteiger partial charge in [0.25, 0.3) is 0 Å². The van der Waals surface area contributed by atoms with E-state index >= 15 is 0 Å². The van der Waals surface area contributed by atoms with E-state index in [1.54, 1.807) is 36.7 Å². The summed E-state index contributed by atoms with van der Waals surface area (Å²) in [5, 5.41) is 3.37. The van der Waals surface area contributed by atoms with E-state index in [9.17, 15) is 8.78 Å². The highest BCUT2D eigenvalue weighted by molar-refractivity contribution is 5.72. The van der Waals surface area contributed by atoms with Gasteiger partial charge in [-0.05, 0) is 54.8 Å². The minimum Gasteiger partial charge on any atom is -0.345 e. The first-order valence-corrected chi connectivity index (χ1v) is 9.56. The molecule has 2 aromatic carbocycles. The van der Waals surface area contributed by atoms with Crippen molar-refractivity contribution >= 4 is 0 Å². The van der Waals surface area contributed by atoms with Crippen LogP contribution in [0.5, 0.6) is 0 Å². The van der Waals surface area contributed by atoms with Crippen LogP contribution in [-0.2, 0) is 0 Å². The molecule has 0 saturated carbocycles. The highest BCUT2D eigenvalue weighted by Gasteiger charge is 2.20. The molecule has 0 unspecified atom stereocenters. The molecule has 1 aliphatic rings. The van der Waals surface area contributed by atoms with Crippen molar-refractivity contribution in [1.82, 2.24) is 25.3 Å². The summed E-state index contributed by atoms with van der Waals surface area (Å²) in [6, 6.07) is 9.96. The van der Waals surface area contributed by atoms with Crippen LogP contribution in [0.25, 0.3) is 33.6 Å². The van der Waals surface area contributed by atoms with Crippen molar-refractivity contribution in [2.75, 3.05) is 6.54 Å². The molecular formula is C22H19F2N5. The fraction of sp³-hybridized carbons (Fsp3) is 0.182. The fourth-order valence-electron chi connectivity index (χ4n) is 3.80. The highest BCUT2D eigenvalue weighted by Crippen LogP contribution is 2.31. The summed E-state index contributed by atoms with van der Waals surface area (Å²) in [5.41, 5.74) is 3.32. The van der Waals surface area contributed by atoms with E-state index in [2.05, 4.69) is 25.3 Å². The molecule has 1 atom stereocenters. The lowest BCUT2D eigenvalue weighted by atomic mass is 10.00. The van der Waals surface area contributed by atoms with E-state index in [4.69, 9.17) is 0 Å². The van der Waals surface area contributed by atoms with Crippen molar-refractivity contribution in [1.29, 1.82) is 0 Å². The van der Waals surface area contributed by atoms with Crippen LogP contribution < -0.4 is 5.32 Å². The lowest BCUT2D eigenvalue weighted by Crippen LogP contribution is -2.14. The third kappa shape index (κ3) is 3.34. The molecule has 0 bridgehead atoms. The summed E-state index contributed by atoms with van der Waals surface area (Å²) >= 11 is 0. The number of rotatable bonds is 4. The van der Waals surface area contributed by atoms with Gasteiger partial charge in [0.1, 0.15) is 17.5 Å². The summed E-state index contributed by atoms with van der Waals surface area (Å²) < 4.78 is 29.4. The molecule has 1 fully saturated rings. The SMILES string of the molecule is Fc1cc(-c2ccc(-c3cnc([C@@H]4CCCN4)[nH]3)c(F)c2)ccc1-c1cnc[nH]1. The maximum absolute atomic E-state index is 14.8. The Morgan fingerprint density at radius 2 is 1.62 bits per heavy atom. The van der Waals surface area contributed by atoms with Gasteiger partial charge < -0.3 is 15.3 Å². The smallest absolute Gasteiger partial charge is 0.133 e. The number of hydrogen-bond donors (Lipinski definition) is 3. The van der Waals surface area contributed by atoms with Gasteiger partial charge in [0.05, 0.1) is 36.2 Å². The van der Waals surface area contributed by atoms with Gasteiger partial charge in [-0.1, -0.05) is 12.1 Å². The highest BCUT2D eigenvalue weighted by atomic mass is 19.1. The Labute approximate surface area is 166 Å². The topological polar surface area (TPSA) is 69.4 Å². The Kier molecular flexibility index (Phi) is 4.44. The van der Waals surface area contributed by atoms with Gasteiger partial charge in [-0.25, -0.2) is 18.7 Å². The van der Waals surface area contributed by atoms with Crippen molar-refractivity contribution < 1.29 is 8.78 Å². The molecule has 0 radical (unpaired) electrons. The molecule has 1 saturated heterocycles. The first-order valence-electron chi connectivity index (χ1n) is 9.56. The molecule has 3 heterocycles. The summed E-state index contributed by atoms with van der Waals surface area (Å²) in [7, 11) is 0. The Morgan fingerprint density at radius 1 is 0.897 bits per heavy atom. The van der Waals surface area contributed by atoms with Gasteiger partial charge in [-0.2, -0.15) is 0 Å². The molecule has 4 aromatic rings. The number of benzene rings is 2. The number of nitrogens with one attached hydrogen (secondary N) is 3. The lowest BCUT2D eigenvalue weighted by molar-refractivity contribution is 0.612. The Bertz CT molecular complexity index is 1140. The maximum Gasteiger partial charge on any atom is 0.133 e. The third-order valence-corrected chi connectivity index (χ3v) is 5.34. The first-order chi connectivity index (χ1) is 14.2. The maximum atomic E-state index is 14.8. The minimum atomic E-state index is -0.390. The zero-order chi connectivity index (χ0) is 19.8. The van der Waals surface area contributed by atoms with Gasteiger partial charge in [0, 0.05) is 11.1 Å². The number of imidazole rings is 2. The second-order valence-corrected chi connectivity index (χ2v) is 7.19. The number of aromatic amines is 2. The van der Waals surface area contributed by atoms with E-state index in [1.807, 2.05) is 0 Å².